The Kier molecular flexibility index (Phi) is 19.0. The van der Waals surface area contributed by atoms with Crippen molar-refractivity contribution in [1.29, 1.82) is 0 Å². The number of nitrogens with zero attached hydrogens (tertiary/aromatic N) is 1. The number of furan rings is 1. The Balaban J connectivity index is 0.000000103. The van der Waals surface area contributed by atoms with Crippen LogP contribution in [0.3, 0.4) is 0 Å². The molecule has 0 amide bonds. The number of aromatic nitrogens is 1. The zero-order valence-electron chi connectivity index (χ0n) is 75.3. The van der Waals surface area contributed by atoms with E-state index in [1.54, 1.807) is 0 Å². The predicted molar refractivity (Wildman–Crippen MR) is 603 cm³/mol. The molecule has 0 unspecified atom stereocenters. The van der Waals surface area contributed by atoms with Gasteiger partial charge in [-0.3, -0.25) is 0 Å². The number of fused-ring (bicyclic) bond motifs is 23. The summed E-state index contributed by atoms with van der Waals surface area (Å²) in [7, 11) is 0. The van der Waals surface area contributed by atoms with Crippen LogP contribution in [0.5, 0.6) is 0 Å². The van der Waals surface area contributed by atoms with E-state index in [1.165, 1.54) is 263 Å². The largest absolute Gasteiger partial charge is 0.456 e. The highest BCUT2D eigenvalue weighted by molar-refractivity contribution is 7.27. The molecule has 0 aliphatic rings. The van der Waals surface area contributed by atoms with Gasteiger partial charge in [0.25, 0.3) is 0 Å². The summed E-state index contributed by atoms with van der Waals surface area (Å²) in [6.45, 7) is 0. The first-order valence-electron chi connectivity index (χ1n) is 47.6. The Bertz CT molecular complexity index is 10100. The molecule has 0 radical (unpaired) electrons. The summed E-state index contributed by atoms with van der Waals surface area (Å²) in [5.74, 6) is 0. The molecule has 25 aromatic carbocycles. The van der Waals surface area contributed by atoms with Crippen molar-refractivity contribution in [2.75, 3.05) is 0 Å². The highest BCUT2D eigenvalue weighted by atomic mass is 32.1. The standard InChI is InChI=1S/C46H28S.C44H27NS.C44H26OS/c1-3-13-31-25-33(23-21-29(31)11-1)35-27-41(46-40-19-9-10-20-42(40)47-43(46)28-35)45-38-17-7-5-15-36(38)44(37-16-6-8-18-39(37)45)34-24-22-30-12-2-4-14-32(30)26-34;1-2-14-28(15-3-1)41-31-18-4-6-20-33(31)42(34-21-7-5-19-32(34)41)36-26-27-39(44-43(36)35-22-10-13-25-40(35)46-44)45-37-23-11-8-16-29(37)30-17-9-12-24-38(30)45;1-2-12-27(13-3-1)41-31-15-4-6-17-33(31)42(34-18-7-5-16-32(34)41)36-24-23-29(44-43(36)35-19-9-11-21-40(35)46-44)28-22-25-39-37(26-28)30-14-8-10-20-38(30)45-39/h1-28H;1-27H;1-26H. The monoisotopic (exact) mass is 1820 g/mol. The van der Waals surface area contributed by atoms with Crippen molar-refractivity contribution >= 4 is 224 Å². The number of rotatable bonds is 9. The maximum absolute atomic E-state index is 6.18. The van der Waals surface area contributed by atoms with Crippen molar-refractivity contribution in [3.8, 4) is 94.7 Å². The number of para-hydroxylation sites is 3. The lowest BCUT2D eigenvalue weighted by atomic mass is 9.84. The zero-order valence-corrected chi connectivity index (χ0v) is 77.8. The normalized spacial score (nSPS) is 11.9. The third kappa shape index (κ3) is 13.0. The number of hydrogen-bond acceptors (Lipinski definition) is 4. The Morgan fingerprint density at radius 3 is 0.993 bits per heavy atom. The second kappa shape index (κ2) is 32.9. The zero-order chi connectivity index (χ0) is 91.3. The third-order valence-corrected chi connectivity index (χ3v) is 32.4. The lowest BCUT2D eigenvalue weighted by Gasteiger charge is -2.19. The van der Waals surface area contributed by atoms with Crippen molar-refractivity contribution in [3.05, 3.63) is 491 Å². The predicted octanol–water partition coefficient (Wildman–Crippen LogP) is 39.7. The fourth-order valence-corrected chi connectivity index (χ4v) is 26.5. The van der Waals surface area contributed by atoms with E-state index >= 15 is 0 Å². The molecule has 0 saturated carbocycles. The Morgan fingerprint density at radius 1 is 0.158 bits per heavy atom. The summed E-state index contributed by atoms with van der Waals surface area (Å²) in [6.07, 6.45) is 0. The van der Waals surface area contributed by atoms with Crippen LogP contribution >= 0.6 is 34.0 Å². The summed E-state index contributed by atoms with van der Waals surface area (Å²) in [5.41, 5.74) is 25.9. The van der Waals surface area contributed by atoms with Crippen LogP contribution in [0.25, 0.3) is 285 Å². The molecule has 30 aromatic rings. The summed E-state index contributed by atoms with van der Waals surface area (Å²) in [4.78, 5) is 0. The Labute approximate surface area is 812 Å². The molecule has 0 aliphatic heterocycles. The molecular formula is C134H81NOS3. The molecule has 5 heterocycles. The number of hydrogen-bond donors (Lipinski definition) is 0. The molecule has 2 nitrogen and oxygen atoms in total. The molecule has 0 saturated heterocycles. The van der Waals surface area contributed by atoms with Crippen LogP contribution in [-0.4, -0.2) is 4.57 Å². The minimum Gasteiger partial charge on any atom is -0.456 e. The van der Waals surface area contributed by atoms with E-state index in [0.29, 0.717) is 0 Å². The van der Waals surface area contributed by atoms with Gasteiger partial charge >= 0.3 is 0 Å². The van der Waals surface area contributed by atoms with Gasteiger partial charge in [-0.1, -0.05) is 413 Å². The van der Waals surface area contributed by atoms with Crippen LogP contribution in [0.4, 0.5) is 0 Å². The fourth-order valence-electron chi connectivity index (χ4n) is 22.9. The maximum atomic E-state index is 6.18. The molecule has 139 heavy (non-hydrogen) atoms. The molecule has 0 spiro atoms. The van der Waals surface area contributed by atoms with Crippen molar-refractivity contribution in [1.82, 2.24) is 4.57 Å². The fraction of sp³-hybridized carbons (Fsp3) is 0. The average Bonchev–Trinajstić information content (AvgIpc) is 1.63. The molecule has 0 bridgehead atoms. The topological polar surface area (TPSA) is 18.1 Å². The highest BCUT2D eigenvalue weighted by Gasteiger charge is 2.28. The SMILES string of the molecule is c1ccc(-c2c3ccccc3c(-c3ccc(-c4ccc5oc6ccccc6c5c4)c4sc5ccccc5c34)c3ccccc23)cc1.c1ccc(-c2c3ccccc3c(-c3ccc(-n4c5ccccc5c5ccccc54)c4sc5ccccc5c34)c3ccccc23)cc1.c1ccc2cc(-c3cc(-c4c5ccccc5c(-c5ccc6ccccc6c5)c5ccccc45)c4c(c3)sc3ccccc34)ccc2c1. The molecule has 0 fully saturated rings. The summed E-state index contributed by atoms with van der Waals surface area (Å²) < 4.78 is 16.5. The summed E-state index contributed by atoms with van der Waals surface area (Å²) >= 11 is 5.69. The Hall–Kier alpha value is -17.2. The van der Waals surface area contributed by atoms with Gasteiger partial charge in [-0.15, -0.1) is 34.0 Å². The lowest BCUT2D eigenvalue weighted by Crippen LogP contribution is -1.96. The summed E-state index contributed by atoms with van der Waals surface area (Å²) in [5, 5.41) is 33.2. The van der Waals surface area contributed by atoms with Gasteiger partial charge in [0, 0.05) is 77.4 Å². The smallest absolute Gasteiger partial charge is 0.135 e. The van der Waals surface area contributed by atoms with Crippen LogP contribution < -0.4 is 0 Å². The second-order valence-corrected chi connectivity index (χ2v) is 39.6. The van der Waals surface area contributed by atoms with E-state index < -0.39 is 0 Å². The van der Waals surface area contributed by atoms with Gasteiger partial charge in [0.1, 0.15) is 11.2 Å². The van der Waals surface area contributed by atoms with Crippen molar-refractivity contribution in [2.24, 2.45) is 0 Å². The van der Waals surface area contributed by atoms with Gasteiger partial charge in [-0.05, 0) is 254 Å². The van der Waals surface area contributed by atoms with Gasteiger partial charge in [0.15, 0.2) is 0 Å². The van der Waals surface area contributed by atoms with E-state index in [-0.39, 0.29) is 0 Å². The second-order valence-electron chi connectivity index (χ2n) is 36.5. The van der Waals surface area contributed by atoms with Gasteiger partial charge in [-0.25, -0.2) is 0 Å². The highest BCUT2D eigenvalue weighted by Crippen LogP contribution is 2.56. The molecule has 5 aromatic heterocycles. The van der Waals surface area contributed by atoms with E-state index in [1.807, 2.05) is 46.1 Å². The average molecular weight is 1820 g/mol. The van der Waals surface area contributed by atoms with Crippen LogP contribution in [0, 0.1) is 0 Å². The first kappa shape index (κ1) is 80.3. The minimum absolute atomic E-state index is 0.922. The molecule has 5 heteroatoms. The van der Waals surface area contributed by atoms with Gasteiger partial charge in [0.2, 0.25) is 0 Å². The third-order valence-electron chi connectivity index (χ3n) is 28.9. The lowest BCUT2D eigenvalue weighted by molar-refractivity contribution is 0.669. The van der Waals surface area contributed by atoms with Gasteiger partial charge < -0.3 is 8.98 Å². The van der Waals surface area contributed by atoms with E-state index in [2.05, 4.69) is 484 Å². The first-order chi connectivity index (χ1) is 69.0. The molecule has 646 valence electrons. The quantitative estimate of drug-likeness (QED) is 0.132. The molecule has 0 N–H and O–H groups in total. The van der Waals surface area contributed by atoms with Crippen LogP contribution in [0.15, 0.2) is 496 Å². The summed E-state index contributed by atoms with van der Waals surface area (Å²) in [6, 6.07) is 180. The van der Waals surface area contributed by atoms with Crippen LogP contribution in [0.2, 0.25) is 0 Å². The number of thiophene rings is 3. The minimum atomic E-state index is 0.922. The van der Waals surface area contributed by atoms with Crippen molar-refractivity contribution < 1.29 is 4.42 Å². The van der Waals surface area contributed by atoms with Gasteiger partial charge in [-0.2, -0.15) is 0 Å². The number of benzene rings is 25. The van der Waals surface area contributed by atoms with Crippen molar-refractivity contribution in [2.45, 2.75) is 0 Å². The first-order valence-corrected chi connectivity index (χ1v) is 50.1. The van der Waals surface area contributed by atoms with E-state index in [4.69, 9.17) is 4.42 Å². The maximum Gasteiger partial charge on any atom is 0.135 e. The molecule has 0 aliphatic carbocycles. The van der Waals surface area contributed by atoms with E-state index in [0.717, 1.165) is 21.9 Å². The van der Waals surface area contributed by atoms with Crippen molar-refractivity contribution in [3.63, 3.8) is 0 Å². The molecule has 0 atom stereocenters. The molecular weight excluding hydrogens is 1740 g/mol. The molecule has 30 rings (SSSR count). The van der Waals surface area contributed by atoms with E-state index in [9.17, 15) is 0 Å². The van der Waals surface area contributed by atoms with Crippen LogP contribution in [0.1, 0.15) is 0 Å². The van der Waals surface area contributed by atoms with Gasteiger partial charge in [0.05, 0.1) is 21.4 Å². The Morgan fingerprint density at radius 2 is 0.496 bits per heavy atom. The van der Waals surface area contributed by atoms with Crippen LogP contribution in [-0.2, 0) is 0 Å².